The van der Waals surface area contributed by atoms with Crippen molar-refractivity contribution in [3.8, 4) is 0 Å². The molecule has 1 saturated heterocycles. The number of carbonyl (C=O) groups is 1. The van der Waals surface area contributed by atoms with Crippen molar-refractivity contribution in [1.29, 1.82) is 0 Å². The van der Waals surface area contributed by atoms with Crippen LogP contribution in [0.25, 0.3) is 0 Å². The molecule has 5 heteroatoms. The van der Waals surface area contributed by atoms with Crippen molar-refractivity contribution in [2.75, 3.05) is 13.2 Å². The highest BCUT2D eigenvalue weighted by Gasteiger charge is 2.23. The Labute approximate surface area is 179 Å². The Morgan fingerprint density at radius 3 is 2.21 bits per heavy atom. The first-order chi connectivity index (χ1) is 14.0. The normalized spacial score (nSPS) is 18.7. The van der Waals surface area contributed by atoms with Crippen LogP contribution in [0.4, 0.5) is 0 Å². The summed E-state index contributed by atoms with van der Waals surface area (Å²) in [5.74, 6) is 1.16. The van der Waals surface area contributed by atoms with Gasteiger partial charge in [0.15, 0.2) is 0 Å². The van der Waals surface area contributed by atoms with Crippen molar-refractivity contribution in [1.82, 2.24) is 16.0 Å². The molecule has 29 heavy (non-hydrogen) atoms. The first kappa shape index (κ1) is 25.8. The van der Waals surface area contributed by atoms with Crippen LogP contribution >= 0.6 is 0 Å². The Morgan fingerprint density at radius 2 is 1.59 bits per heavy atom. The Morgan fingerprint density at radius 1 is 0.966 bits per heavy atom. The van der Waals surface area contributed by atoms with Crippen molar-refractivity contribution in [2.24, 2.45) is 0 Å². The molecule has 0 spiro atoms. The number of hydrogen-bond donors (Lipinski definition) is 3. The second kappa shape index (κ2) is 16.6. The van der Waals surface area contributed by atoms with Gasteiger partial charge >= 0.3 is 0 Å². The summed E-state index contributed by atoms with van der Waals surface area (Å²) < 4.78 is 5.56. The van der Waals surface area contributed by atoms with Crippen molar-refractivity contribution in [3.05, 3.63) is 12.4 Å². The summed E-state index contributed by atoms with van der Waals surface area (Å²) in [6.45, 7) is 12.0. The van der Waals surface area contributed by atoms with Gasteiger partial charge in [0.25, 0.3) is 0 Å². The van der Waals surface area contributed by atoms with Gasteiger partial charge < -0.3 is 20.7 Å². The minimum Gasteiger partial charge on any atom is -0.379 e. The van der Waals surface area contributed by atoms with Crippen molar-refractivity contribution >= 4 is 5.91 Å². The van der Waals surface area contributed by atoms with E-state index in [1.807, 2.05) is 0 Å². The zero-order valence-corrected chi connectivity index (χ0v) is 19.4. The summed E-state index contributed by atoms with van der Waals surface area (Å²) in [6.07, 6.45) is 15.5. The molecular weight excluding hydrogens is 362 g/mol. The van der Waals surface area contributed by atoms with Gasteiger partial charge in [-0.2, -0.15) is 0 Å². The molecule has 1 aliphatic rings. The number of carbonyl (C=O) groups excluding carboxylic acids is 1. The number of unbranched alkanes of at least 4 members (excludes halogenated alkanes) is 9. The third-order valence-electron chi connectivity index (χ3n) is 5.63. The Hall–Kier alpha value is -1.23. The standard InChI is InChI=1S/C24H47N3O2/c1-20(2)29-19-15-10-8-6-5-7-9-14-18-25-24(28)17-13-11-12-16-23-21(3)26-22(4)27-23/h20-21,23,26-27H,4-19H2,1-3H3,(H,25,28). The molecule has 2 atom stereocenters. The molecule has 3 N–H and O–H groups in total. The first-order valence-electron chi connectivity index (χ1n) is 12.1. The third-order valence-corrected chi connectivity index (χ3v) is 5.63. The van der Waals surface area contributed by atoms with E-state index >= 15 is 0 Å². The number of nitrogens with one attached hydrogen (secondary N) is 3. The lowest BCUT2D eigenvalue weighted by molar-refractivity contribution is -0.121. The van der Waals surface area contributed by atoms with E-state index in [-0.39, 0.29) is 5.91 Å². The van der Waals surface area contributed by atoms with Crippen LogP contribution in [0.1, 0.15) is 104 Å². The minimum absolute atomic E-state index is 0.219. The van der Waals surface area contributed by atoms with Gasteiger partial charge in [-0.15, -0.1) is 0 Å². The quantitative estimate of drug-likeness (QED) is 0.278. The number of hydrogen-bond acceptors (Lipinski definition) is 4. The van der Waals surface area contributed by atoms with Gasteiger partial charge in [0.05, 0.1) is 11.9 Å². The van der Waals surface area contributed by atoms with Crippen LogP contribution in [0.5, 0.6) is 0 Å². The molecule has 0 aromatic heterocycles. The number of rotatable bonds is 18. The summed E-state index contributed by atoms with van der Waals surface area (Å²) in [5.41, 5.74) is 0. The summed E-state index contributed by atoms with van der Waals surface area (Å²) >= 11 is 0. The van der Waals surface area contributed by atoms with E-state index in [0.717, 1.165) is 51.1 Å². The molecule has 0 aliphatic carbocycles. The summed E-state index contributed by atoms with van der Waals surface area (Å²) in [4.78, 5) is 11.9. The van der Waals surface area contributed by atoms with Crippen LogP contribution in [0.15, 0.2) is 12.4 Å². The first-order valence-corrected chi connectivity index (χ1v) is 12.1. The van der Waals surface area contributed by atoms with Crippen LogP contribution in [-0.4, -0.2) is 37.2 Å². The molecule has 1 heterocycles. The fraction of sp³-hybridized carbons (Fsp3) is 0.875. The van der Waals surface area contributed by atoms with E-state index in [1.165, 1.54) is 44.9 Å². The van der Waals surface area contributed by atoms with E-state index < -0.39 is 0 Å². The van der Waals surface area contributed by atoms with E-state index in [2.05, 4.69) is 43.3 Å². The molecule has 0 bridgehead atoms. The summed E-state index contributed by atoms with van der Waals surface area (Å²) in [6, 6.07) is 0.935. The molecule has 0 radical (unpaired) electrons. The van der Waals surface area contributed by atoms with Gasteiger partial charge in [-0.05, 0) is 46.5 Å². The van der Waals surface area contributed by atoms with Gasteiger partial charge in [-0.1, -0.05) is 57.9 Å². The van der Waals surface area contributed by atoms with Crippen LogP contribution in [0.3, 0.4) is 0 Å². The zero-order valence-electron chi connectivity index (χ0n) is 19.4. The van der Waals surface area contributed by atoms with Crippen molar-refractivity contribution < 1.29 is 9.53 Å². The fourth-order valence-electron chi connectivity index (χ4n) is 3.84. The second-order valence-corrected chi connectivity index (χ2v) is 8.86. The lowest BCUT2D eigenvalue weighted by Gasteiger charge is -2.14. The van der Waals surface area contributed by atoms with Gasteiger partial charge in [-0.3, -0.25) is 4.79 Å². The van der Waals surface area contributed by atoms with Crippen molar-refractivity contribution in [3.63, 3.8) is 0 Å². The van der Waals surface area contributed by atoms with Crippen LogP contribution in [0.2, 0.25) is 0 Å². The fourth-order valence-corrected chi connectivity index (χ4v) is 3.84. The van der Waals surface area contributed by atoms with Gasteiger partial charge in [0.2, 0.25) is 5.91 Å². The van der Waals surface area contributed by atoms with Crippen molar-refractivity contribution in [2.45, 2.75) is 122 Å². The molecule has 2 unspecified atom stereocenters. The van der Waals surface area contributed by atoms with E-state index in [0.29, 0.717) is 24.6 Å². The number of amides is 1. The summed E-state index contributed by atoms with van der Waals surface area (Å²) in [7, 11) is 0. The maximum atomic E-state index is 11.9. The van der Waals surface area contributed by atoms with Crippen LogP contribution in [0, 0.1) is 0 Å². The summed E-state index contributed by atoms with van der Waals surface area (Å²) in [5, 5.41) is 9.77. The van der Waals surface area contributed by atoms with Gasteiger partial charge in [0.1, 0.15) is 0 Å². The maximum absolute atomic E-state index is 11.9. The van der Waals surface area contributed by atoms with Gasteiger partial charge in [-0.25, -0.2) is 0 Å². The molecule has 1 fully saturated rings. The molecule has 0 aromatic carbocycles. The highest BCUT2D eigenvalue weighted by atomic mass is 16.5. The van der Waals surface area contributed by atoms with Crippen LogP contribution < -0.4 is 16.0 Å². The van der Waals surface area contributed by atoms with E-state index in [4.69, 9.17) is 4.74 Å². The predicted octanol–water partition coefficient (Wildman–Crippen LogP) is 5.02. The molecule has 170 valence electrons. The monoisotopic (exact) mass is 409 g/mol. The molecular formula is C24H47N3O2. The van der Waals surface area contributed by atoms with E-state index in [1.54, 1.807) is 0 Å². The molecule has 1 aliphatic heterocycles. The maximum Gasteiger partial charge on any atom is 0.219 e. The topological polar surface area (TPSA) is 62.4 Å². The Balaban J connectivity index is 1.79. The SMILES string of the molecule is C=C1NC(C)C(CCCCCC(=O)NCCCCCCCCCCOC(C)C)N1. The molecule has 1 amide bonds. The average Bonchev–Trinajstić information content (AvgIpc) is 2.99. The number of ether oxygens (including phenoxy) is 1. The van der Waals surface area contributed by atoms with Crippen LogP contribution in [-0.2, 0) is 9.53 Å². The predicted molar refractivity (Wildman–Crippen MR) is 123 cm³/mol. The smallest absolute Gasteiger partial charge is 0.219 e. The minimum atomic E-state index is 0.219. The highest BCUT2D eigenvalue weighted by Crippen LogP contribution is 2.14. The lowest BCUT2D eigenvalue weighted by atomic mass is 10.0. The second-order valence-electron chi connectivity index (χ2n) is 8.86. The van der Waals surface area contributed by atoms with Gasteiger partial charge in [0, 0.05) is 31.7 Å². The third kappa shape index (κ3) is 14.4. The van der Waals surface area contributed by atoms with E-state index in [9.17, 15) is 4.79 Å². The lowest BCUT2D eigenvalue weighted by Crippen LogP contribution is -2.30. The average molecular weight is 410 g/mol. The Bertz CT molecular complexity index is 440. The molecule has 5 nitrogen and oxygen atoms in total. The zero-order chi connectivity index (χ0) is 21.3. The Kier molecular flexibility index (Phi) is 14.7. The highest BCUT2D eigenvalue weighted by molar-refractivity contribution is 5.75. The molecule has 0 aromatic rings. The molecule has 0 saturated carbocycles. The molecule has 1 rings (SSSR count). The largest absolute Gasteiger partial charge is 0.379 e.